The standard InChI is InChI=1S/C17H20N6O/c1-23(2)9-3-8-19-16-10-15(20-12-21-16)17(24)22-14-6-4-13(11-18)5-7-14/h4-7,10,12H,3,8-9H2,1-2H3,(H,22,24)(H,19,20,21). The average Bonchev–Trinajstić information content (AvgIpc) is 2.59. The first-order valence-corrected chi connectivity index (χ1v) is 7.60. The lowest BCUT2D eigenvalue weighted by atomic mass is 10.2. The second-order valence-corrected chi connectivity index (χ2v) is 5.52. The third-order valence-corrected chi connectivity index (χ3v) is 3.26. The molecule has 0 aliphatic carbocycles. The smallest absolute Gasteiger partial charge is 0.274 e. The van der Waals surface area contributed by atoms with Crippen LogP contribution in [0.15, 0.2) is 36.7 Å². The van der Waals surface area contributed by atoms with Gasteiger partial charge >= 0.3 is 0 Å². The van der Waals surface area contributed by atoms with Crippen LogP contribution >= 0.6 is 0 Å². The average molecular weight is 324 g/mol. The second-order valence-electron chi connectivity index (χ2n) is 5.52. The highest BCUT2D eigenvalue weighted by Crippen LogP contribution is 2.11. The number of carbonyl (C=O) groups is 1. The van der Waals surface area contributed by atoms with Crippen molar-refractivity contribution >= 4 is 17.4 Å². The molecule has 24 heavy (non-hydrogen) atoms. The van der Waals surface area contributed by atoms with Crippen molar-refractivity contribution in [2.75, 3.05) is 37.8 Å². The van der Waals surface area contributed by atoms with E-state index >= 15 is 0 Å². The summed E-state index contributed by atoms with van der Waals surface area (Å²) in [4.78, 5) is 22.5. The molecule has 124 valence electrons. The largest absolute Gasteiger partial charge is 0.370 e. The summed E-state index contributed by atoms with van der Waals surface area (Å²) < 4.78 is 0. The Balaban J connectivity index is 1.94. The van der Waals surface area contributed by atoms with Crippen molar-refractivity contribution in [3.8, 4) is 6.07 Å². The van der Waals surface area contributed by atoms with E-state index in [0.29, 0.717) is 17.1 Å². The Labute approximate surface area is 141 Å². The van der Waals surface area contributed by atoms with E-state index in [1.807, 2.05) is 20.2 Å². The Hall–Kier alpha value is -2.98. The molecule has 0 fully saturated rings. The Kier molecular flexibility index (Phi) is 6.23. The van der Waals surface area contributed by atoms with Gasteiger partial charge in [0.2, 0.25) is 0 Å². The first kappa shape index (κ1) is 17.4. The van der Waals surface area contributed by atoms with Gasteiger partial charge < -0.3 is 15.5 Å². The third kappa shape index (κ3) is 5.34. The van der Waals surface area contributed by atoms with Gasteiger partial charge in [-0.15, -0.1) is 0 Å². The summed E-state index contributed by atoms with van der Waals surface area (Å²) >= 11 is 0. The molecule has 2 aromatic rings. The molecule has 2 N–H and O–H groups in total. The number of hydrogen-bond donors (Lipinski definition) is 2. The van der Waals surface area contributed by atoms with Gasteiger partial charge in [-0.1, -0.05) is 0 Å². The van der Waals surface area contributed by atoms with Crippen LogP contribution in [0.25, 0.3) is 0 Å². The maximum atomic E-state index is 12.2. The molecule has 2 rings (SSSR count). The fourth-order valence-electron chi connectivity index (χ4n) is 2.01. The molecule has 7 nitrogen and oxygen atoms in total. The third-order valence-electron chi connectivity index (χ3n) is 3.26. The van der Waals surface area contributed by atoms with Gasteiger partial charge in [-0.3, -0.25) is 4.79 Å². The number of nitriles is 1. The number of aromatic nitrogens is 2. The lowest BCUT2D eigenvalue weighted by molar-refractivity contribution is 0.102. The summed E-state index contributed by atoms with van der Waals surface area (Å²) in [5.41, 5.74) is 1.43. The fourth-order valence-corrected chi connectivity index (χ4v) is 2.01. The van der Waals surface area contributed by atoms with E-state index in [9.17, 15) is 4.79 Å². The minimum atomic E-state index is -0.321. The van der Waals surface area contributed by atoms with Gasteiger partial charge in [-0.05, 0) is 51.3 Å². The molecule has 0 atom stereocenters. The first-order valence-electron chi connectivity index (χ1n) is 7.60. The predicted molar refractivity (Wildman–Crippen MR) is 92.8 cm³/mol. The first-order chi connectivity index (χ1) is 11.6. The number of anilines is 2. The Morgan fingerprint density at radius 3 is 2.67 bits per heavy atom. The molecular weight excluding hydrogens is 304 g/mol. The van der Waals surface area contributed by atoms with Crippen molar-refractivity contribution < 1.29 is 4.79 Å². The van der Waals surface area contributed by atoms with Gasteiger partial charge in [-0.25, -0.2) is 9.97 Å². The van der Waals surface area contributed by atoms with E-state index in [1.165, 1.54) is 6.33 Å². The van der Waals surface area contributed by atoms with E-state index in [1.54, 1.807) is 30.3 Å². The topological polar surface area (TPSA) is 93.9 Å². The van der Waals surface area contributed by atoms with Gasteiger partial charge in [0, 0.05) is 18.3 Å². The molecule has 0 bridgehead atoms. The van der Waals surface area contributed by atoms with Gasteiger partial charge in [0.05, 0.1) is 11.6 Å². The zero-order valence-electron chi connectivity index (χ0n) is 13.8. The highest BCUT2D eigenvalue weighted by Gasteiger charge is 2.09. The molecule has 0 aliphatic heterocycles. The molecule has 1 aromatic carbocycles. The molecule has 0 spiro atoms. The second kappa shape index (κ2) is 8.60. The van der Waals surface area contributed by atoms with Crippen LogP contribution in [0.4, 0.5) is 11.5 Å². The molecule has 0 radical (unpaired) electrons. The lowest BCUT2D eigenvalue weighted by Crippen LogP contribution is -2.17. The van der Waals surface area contributed by atoms with Crippen LogP contribution < -0.4 is 10.6 Å². The summed E-state index contributed by atoms with van der Waals surface area (Å²) in [5, 5.41) is 14.7. The number of carbonyl (C=O) groups excluding carboxylic acids is 1. The van der Waals surface area contributed by atoms with Gasteiger partial charge in [-0.2, -0.15) is 5.26 Å². The molecule has 0 saturated heterocycles. The SMILES string of the molecule is CN(C)CCCNc1cc(C(=O)Nc2ccc(C#N)cc2)ncn1. The summed E-state index contributed by atoms with van der Waals surface area (Å²) in [7, 11) is 4.05. The van der Waals surface area contributed by atoms with E-state index in [-0.39, 0.29) is 11.6 Å². The molecule has 0 unspecified atom stereocenters. The van der Waals surface area contributed by atoms with Crippen molar-refractivity contribution in [3.05, 3.63) is 47.9 Å². The molecule has 1 aromatic heterocycles. The number of rotatable bonds is 7. The summed E-state index contributed by atoms with van der Waals surface area (Å²) in [6.45, 7) is 1.75. The van der Waals surface area contributed by atoms with Crippen LogP contribution in [0.3, 0.4) is 0 Å². The van der Waals surface area contributed by atoms with Crippen molar-refractivity contribution in [1.29, 1.82) is 5.26 Å². The Morgan fingerprint density at radius 1 is 1.25 bits per heavy atom. The quantitative estimate of drug-likeness (QED) is 0.756. The highest BCUT2D eigenvalue weighted by atomic mass is 16.1. The molecule has 1 amide bonds. The molecule has 0 aliphatic rings. The number of hydrogen-bond acceptors (Lipinski definition) is 6. The predicted octanol–water partition coefficient (Wildman–Crippen LogP) is 1.96. The Morgan fingerprint density at radius 2 is 2.00 bits per heavy atom. The Bertz CT molecular complexity index is 721. The van der Waals surface area contributed by atoms with Gasteiger partial charge in [0.1, 0.15) is 17.8 Å². The minimum Gasteiger partial charge on any atom is -0.370 e. The summed E-state index contributed by atoms with van der Waals surface area (Å²) in [5.74, 6) is 0.298. The van der Waals surface area contributed by atoms with E-state index in [4.69, 9.17) is 5.26 Å². The van der Waals surface area contributed by atoms with Crippen molar-refractivity contribution in [3.63, 3.8) is 0 Å². The van der Waals surface area contributed by atoms with Gasteiger partial charge in [0.15, 0.2) is 0 Å². The monoisotopic (exact) mass is 324 g/mol. The van der Waals surface area contributed by atoms with Crippen LogP contribution in [0.2, 0.25) is 0 Å². The van der Waals surface area contributed by atoms with Gasteiger partial charge in [0.25, 0.3) is 5.91 Å². The maximum absolute atomic E-state index is 12.2. The highest BCUT2D eigenvalue weighted by molar-refractivity contribution is 6.03. The fraction of sp³-hybridized carbons (Fsp3) is 0.294. The number of benzene rings is 1. The lowest BCUT2D eigenvalue weighted by Gasteiger charge is -2.10. The summed E-state index contributed by atoms with van der Waals surface area (Å²) in [6, 6.07) is 10.3. The van der Waals surface area contributed by atoms with E-state index in [0.717, 1.165) is 19.5 Å². The van der Waals surface area contributed by atoms with E-state index < -0.39 is 0 Å². The molecule has 0 saturated carbocycles. The van der Waals surface area contributed by atoms with E-state index in [2.05, 4.69) is 25.5 Å². The zero-order valence-corrected chi connectivity index (χ0v) is 13.8. The van der Waals surface area contributed by atoms with Crippen LogP contribution in [0.5, 0.6) is 0 Å². The van der Waals surface area contributed by atoms with Crippen LogP contribution in [-0.2, 0) is 0 Å². The number of amides is 1. The number of nitrogens with one attached hydrogen (secondary N) is 2. The minimum absolute atomic E-state index is 0.282. The molecule has 7 heteroatoms. The normalized spacial score (nSPS) is 10.2. The van der Waals surface area contributed by atoms with Crippen LogP contribution in [0.1, 0.15) is 22.5 Å². The zero-order chi connectivity index (χ0) is 17.4. The van der Waals surface area contributed by atoms with Crippen molar-refractivity contribution in [2.24, 2.45) is 0 Å². The van der Waals surface area contributed by atoms with Crippen molar-refractivity contribution in [2.45, 2.75) is 6.42 Å². The summed E-state index contributed by atoms with van der Waals surface area (Å²) in [6.07, 6.45) is 2.34. The van der Waals surface area contributed by atoms with Crippen molar-refractivity contribution in [1.82, 2.24) is 14.9 Å². The maximum Gasteiger partial charge on any atom is 0.274 e. The van der Waals surface area contributed by atoms with Crippen LogP contribution in [0, 0.1) is 11.3 Å². The number of nitrogens with zero attached hydrogens (tertiary/aromatic N) is 4. The molecule has 1 heterocycles. The van der Waals surface area contributed by atoms with Crippen LogP contribution in [-0.4, -0.2) is 48.0 Å². The molecular formula is C17H20N6O.